The van der Waals surface area contributed by atoms with Gasteiger partial charge in [-0.1, -0.05) is 48.5 Å². The van der Waals surface area contributed by atoms with Crippen LogP contribution in [0.25, 0.3) is 11.1 Å². The Hall–Kier alpha value is -3.39. The van der Waals surface area contributed by atoms with E-state index in [1.54, 1.807) is 0 Å². The summed E-state index contributed by atoms with van der Waals surface area (Å²) in [5.74, 6) is -1.45. The van der Waals surface area contributed by atoms with E-state index in [0.29, 0.717) is 25.9 Å². The van der Waals surface area contributed by atoms with Gasteiger partial charge in [-0.05, 0) is 41.5 Å². The lowest BCUT2D eigenvalue weighted by Gasteiger charge is -2.15. The molecule has 176 valence electrons. The Labute approximate surface area is 193 Å². The maximum atomic E-state index is 12.2. The molecule has 0 aromatic heterocycles. The molecule has 0 heterocycles. The predicted octanol–water partition coefficient (Wildman–Crippen LogP) is 3.30. The fraction of sp³-hybridized carbons (Fsp3) is 0.400. The van der Waals surface area contributed by atoms with E-state index in [4.69, 9.17) is 9.47 Å². The molecule has 1 unspecified atom stereocenters. The van der Waals surface area contributed by atoms with Crippen molar-refractivity contribution in [3.63, 3.8) is 0 Å². The first-order valence-electron chi connectivity index (χ1n) is 11.1. The van der Waals surface area contributed by atoms with Crippen molar-refractivity contribution < 1.29 is 29.0 Å². The van der Waals surface area contributed by atoms with Crippen LogP contribution < -0.4 is 10.6 Å². The lowest BCUT2D eigenvalue weighted by Crippen LogP contribution is -2.41. The number of alkyl carbamates (subject to hydrolysis) is 1. The smallest absolute Gasteiger partial charge is 0.407 e. The number of nitrogens with one attached hydrogen (secondary N) is 2. The summed E-state index contributed by atoms with van der Waals surface area (Å²) in [5, 5.41) is 14.4. The molecule has 0 aliphatic heterocycles. The van der Waals surface area contributed by atoms with Crippen molar-refractivity contribution >= 4 is 18.0 Å². The van der Waals surface area contributed by atoms with Gasteiger partial charge in [-0.3, -0.25) is 4.79 Å². The van der Waals surface area contributed by atoms with E-state index in [1.165, 1.54) is 7.11 Å². The highest BCUT2D eigenvalue weighted by Crippen LogP contribution is 2.44. The summed E-state index contributed by atoms with van der Waals surface area (Å²) in [6.45, 7) is 0.914. The van der Waals surface area contributed by atoms with Crippen LogP contribution in [0, 0.1) is 0 Å². The third kappa shape index (κ3) is 6.55. The molecule has 3 N–H and O–H groups in total. The number of carboxylic acid groups (broad SMARTS) is 1. The molecular formula is C25H30N2O6. The minimum atomic E-state index is -1.07. The summed E-state index contributed by atoms with van der Waals surface area (Å²) >= 11 is 0. The van der Waals surface area contributed by atoms with Gasteiger partial charge in [0.2, 0.25) is 5.91 Å². The topological polar surface area (TPSA) is 114 Å². The van der Waals surface area contributed by atoms with Crippen molar-refractivity contribution in [2.45, 2.75) is 37.6 Å². The maximum Gasteiger partial charge on any atom is 0.407 e. The fourth-order valence-corrected chi connectivity index (χ4v) is 4.04. The number of carbonyl (C=O) groups is 3. The normalized spacial score (nSPS) is 13.0. The molecule has 2 amide bonds. The van der Waals surface area contributed by atoms with E-state index in [-0.39, 0.29) is 31.4 Å². The summed E-state index contributed by atoms with van der Waals surface area (Å²) in [7, 11) is 1.54. The molecule has 0 bridgehead atoms. The van der Waals surface area contributed by atoms with Crippen LogP contribution in [-0.2, 0) is 19.1 Å². The SMILES string of the molecule is COCCCC(NC(=O)CCCNC(=O)OCC1c2ccccc2-c2ccccc21)C(=O)O. The maximum absolute atomic E-state index is 12.2. The number of carboxylic acids is 1. The lowest BCUT2D eigenvalue weighted by molar-refractivity contribution is -0.142. The number of amides is 2. The van der Waals surface area contributed by atoms with E-state index < -0.39 is 18.1 Å². The van der Waals surface area contributed by atoms with Crippen LogP contribution in [0.4, 0.5) is 4.79 Å². The zero-order valence-corrected chi connectivity index (χ0v) is 18.7. The van der Waals surface area contributed by atoms with Gasteiger partial charge in [-0.2, -0.15) is 0 Å². The summed E-state index contributed by atoms with van der Waals surface area (Å²) in [5.41, 5.74) is 4.60. The highest BCUT2D eigenvalue weighted by atomic mass is 16.5. The summed E-state index contributed by atoms with van der Waals surface area (Å²) < 4.78 is 10.4. The Kier molecular flexibility index (Phi) is 8.83. The molecule has 8 nitrogen and oxygen atoms in total. The van der Waals surface area contributed by atoms with Crippen LogP contribution in [0.1, 0.15) is 42.7 Å². The van der Waals surface area contributed by atoms with Crippen molar-refractivity contribution in [2.75, 3.05) is 26.9 Å². The van der Waals surface area contributed by atoms with E-state index >= 15 is 0 Å². The van der Waals surface area contributed by atoms with Gasteiger partial charge < -0.3 is 25.2 Å². The van der Waals surface area contributed by atoms with Gasteiger partial charge in [0.1, 0.15) is 12.6 Å². The molecule has 1 aliphatic carbocycles. The highest BCUT2D eigenvalue weighted by molar-refractivity contribution is 5.83. The molecule has 3 rings (SSSR count). The van der Waals surface area contributed by atoms with E-state index in [1.807, 2.05) is 24.3 Å². The minimum Gasteiger partial charge on any atom is -0.480 e. The molecular weight excluding hydrogens is 424 g/mol. The van der Waals surface area contributed by atoms with Crippen molar-refractivity contribution in [1.29, 1.82) is 0 Å². The van der Waals surface area contributed by atoms with Crippen LogP contribution in [0.2, 0.25) is 0 Å². The van der Waals surface area contributed by atoms with Crippen molar-refractivity contribution in [3.05, 3.63) is 59.7 Å². The third-order valence-corrected chi connectivity index (χ3v) is 5.67. The third-order valence-electron chi connectivity index (χ3n) is 5.67. The number of aliphatic carboxylic acids is 1. The van der Waals surface area contributed by atoms with Gasteiger partial charge in [0, 0.05) is 32.6 Å². The fourth-order valence-electron chi connectivity index (χ4n) is 4.04. The zero-order valence-electron chi connectivity index (χ0n) is 18.7. The number of hydrogen-bond donors (Lipinski definition) is 3. The molecule has 1 atom stereocenters. The number of carbonyl (C=O) groups excluding carboxylic acids is 2. The molecule has 0 saturated carbocycles. The molecule has 1 aliphatic rings. The number of methoxy groups -OCH3 is 1. The number of rotatable bonds is 12. The monoisotopic (exact) mass is 454 g/mol. The first-order chi connectivity index (χ1) is 16.0. The Bertz CT molecular complexity index is 931. The van der Waals surface area contributed by atoms with Crippen LogP contribution in [0.5, 0.6) is 0 Å². The van der Waals surface area contributed by atoms with E-state index in [9.17, 15) is 19.5 Å². The second kappa shape index (κ2) is 12.0. The molecule has 0 radical (unpaired) electrons. The predicted molar refractivity (Wildman–Crippen MR) is 123 cm³/mol. The Balaban J connectivity index is 1.39. The largest absolute Gasteiger partial charge is 0.480 e. The van der Waals surface area contributed by atoms with Gasteiger partial charge in [-0.15, -0.1) is 0 Å². The molecule has 33 heavy (non-hydrogen) atoms. The molecule has 0 saturated heterocycles. The van der Waals surface area contributed by atoms with Gasteiger partial charge >= 0.3 is 12.1 Å². The summed E-state index contributed by atoms with van der Waals surface area (Å²) in [6, 6.07) is 15.3. The lowest BCUT2D eigenvalue weighted by atomic mass is 9.98. The van der Waals surface area contributed by atoms with Gasteiger partial charge in [0.05, 0.1) is 0 Å². The second-order valence-electron chi connectivity index (χ2n) is 7.95. The van der Waals surface area contributed by atoms with Crippen molar-refractivity contribution in [1.82, 2.24) is 10.6 Å². The standard InChI is InChI=1S/C25H30N2O6/c1-32-15-7-12-22(24(29)30)27-23(28)13-6-14-26-25(31)33-16-21-19-10-4-2-8-17(19)18-9-3-5-11-20(18)21/h2-5,8-11,21-22H,6-7,12-16H2,1H3,(H,26,31)(H,27,28)(H,29,30). The quantitative estimate of drug-likeness (QED) is 0.424. The van der Waals surface area contributed by atoms with Crippen LogP contribution in [0.15, 0.2) is 48.5 Å². The molecule has 2 aromatic rings. The Morgan fingerprint density at radius 2 is 1.64 bits per heavy atom. The van der Waals surface area contributed by atoms with Crippen molar-refractivity contribution in [2.24, 2.45) is 0 Å². The highest BCUT2D eigenvalue weighted by Gasteiger charge is 2.29. The average molecular weight is 455 g/mol. The molecule has 0 spiro atoms. The summed E-state index contributed by atoms with van der Waals surface area (Å²) in [4.78, 5) is 35.4. The number of ether oxygens (including phenoxy) is 2. The van der Waals surface area contributed by atoms with Gasteiger partial charge in [0.25, 0.3) is 0 Å². The first-order valence-corrected chi connectivity index (χ1v) is 11.1. The van der Waals surface area contributed by atoms with E-state index in [2.05, 4.69) is 34.9 Å². The first kappa shape index (κ1) is 24.3. The Morgan fingerprint density at radius 1 is 1.00 bits per heavy atom. The number of benzene rings is 2. The second-order valence-corrected chi connectivity index (χ2v) is 7.95. The number of hydrogen-bond acceptors (Lipinski definition) is 5. The number of fused-ring (bicyclic) bond motifs is 3. The van der Waals surface area contributed by atoms with Crippen LogP contribution in [-0.4, -0.2) is 56.0 Å². The van der Waals surface area contributed by atoms with Crippen LogP contribution >= 0.6 is 0 Å². The van der Waals surface area contributed by atoms with E-state index in [0.717, 1.165) is 22.3 Å². The molecule has 0 fully saturated rings. The molecule has 2 aromatic carbocycles. The average Bonchev–Trinajstić information content (AvgIpc) is 3.13. The van der Waals surface area contributed by atoms with Crippen LogP contribution in [0.3, 0.4) is 0 Å². The van der Waals surface area contributed by atoms with Crippen molar-refractivity contribution in [3.8, 4) is 11.1 Å². The van der Waals surface area contributed by atoms with Gasteiger partial charge in [-0.25, -0.2) is 9.59 Å². The Morgan fingerprint density at radius 3 is 2.24 bits per heavy atom. The summed E-state index contributed by atoms with van der Waals surface area (Å²) in [6.07, 6.45) is 0.780. The molecule has 8 heteroatoms. The van der Waals surface area contributed by atoms with Gasteiger partial charge in [0.15, 0.2) is 0 Å². The minimum absolute atomic E-state index is 0.0139. The zero-order chi connectivity index (χ0) is 23.6.